The van der Waals surface area contributed by atoms with Crippen LogP contribution in [0.4, 0.5) is 13.2 Å². The smallest absolute Gasteiger partial charge is 0.419 e. The second-order valence-electron chi connectivity index (χ2n) is 4.83. The van der Waals surface area contributed by atoms with Gasteiger partial charge >= 0.3 is 6.18 Å². The molecule has 112 valence electrons. The zero-order valence-corrected chi connectivity index (χ0v) is 10.8. The molecule has 2 heterocycles. The van der Waals surface area contributed by atoms with Crippen LogP contribution in [0.2, 0.25) is 0 Å². The minimum absolute atomic E-state index is 0.0505. The molecule has 0 bridgehead atoms. The Balaban J connectivity index is 1.93. The van der Waals surface area contributed by atoms with Crippen LogP contribution in [-0.4, -0.2) is 21.8 Å². The summed E-state index contributed by atoms with van der Waals surface area (Å²) >= 11 is 0. The van der Waals surface area contributed by atoms with Crippen molar-refractivity contribution in [3.8, 4) is 17.1 Å². The second-order valence-corrected chi connectivity index (χ2v) is 4.83. The Morgan fingerprint density at radius 2 is 2.14 bits per heavy atom. The van der Waals surface area contributed by atoms with Gasteiger partial charge in [0.2, 0.25) is 11.7 Å². The molecule has 21 heavy (non-hydrogen) atoms. The highest BCUT2D eigenvalue weighted by atomic mass is 19.4. The summed E-state index contributed by atoms with van der Waals surface area (Å²) in [5.74, 6) is -0.388. The van der Waals surface area contributed by atoms with E-state index < -0.39 is 17.5 Å². The fourth-order valence-electron chi connectivity index (χ4n) is 2.29. The zero-order chi connectivity index (χ0) is 15.0. The van der Waals surface area contributed by atoms with Crippen LogP contribution in [0.5, 0.6) is 5.75 Å². The van der Waals surface area contributed by atoms with Crippen LogP contribution in [0.15, 0.2) is 22.7 Å². The highest BCUT2D eigenvalue weighted by molar-refractivity contribution is 5.58. The van der Waals surface area contributed by atoms with Crippen molar-refractivity contribution in [2.45, 2.75) is 25.1 Å². The highest BCUT2D eigenvalue weighted by Crippen LogP contribution is 2.37. The fourth-order valence-corrected chi connectivity index (χ4v) is 2.29. The number of benzene rings is 1. The van der Waals surface area contributed by atoms with Crippen molar-refractivity contribution < 1.29 is 22.8 Å². The SMILES string of the molecule is Oc1ccc(-c2noc([C@H]3CCCN3)n2)cc1C(F)(F)F. The molecule has 1 aromatic heterocycles. The monoisotopic (exact) mass is 299 g/mol. The van der Waals surface area contributed by atoms with Crippen LogP contribution in [0.3, 0.4) is 0 Å². The van der Waals surface area contributed by atoms with E-state index in [9.17, 15) is 18.3 Å². The molecule has 0 spiro atoms. The Morgan fingerprint density at radius 1 is 1.33 bits per heavy atom. The molecule has 0 radical (unpaired) electrons. The second kappa shape index (κ2) is 5.03. The van der Waals surface area contributed by atoms with E-state index in [1.807, 2.05) is 0 Å². The third kappa shape index (κ3) is 2.71. The van der Waals surface area contributed by atoms with E-state index in [-0.39, 0.29) is 17.4 Å². The van der Waals surface area contributed by atoms with Gasteiger partial charge in [0.05, 0.1) is 11.6 Å². The predicted molar refractivity (Wildman–Crippen MR) is 66.4 cm³/mol. The van der Waals surface area contributed by atoms with Crippen LogP contribution in [0.25, 0.3) is 11.4 Å². The lowest BCUT2D eigenvalue weighted by molar-refractivity contribution is -0.138. The average molecular weight is 299 g/mol. The van der Waals surface area contributed by atoms with Crippen molar-refractivity contribution in [3.63, 3.8) is 0 Å². The normalized spacial score (nSPS) is 19.1. The molecule has 1 aromatic carbocycles. The summed E-state index contributed by atoms with van der Waals surface area (Å²) in [5.41, 5.74) is -0.974. The lowest BCUT2D eigenvalue weighted by Crippen LogP contribution is -2.13. The van der Waals surface area contributed by atoms with E-state index in [1.165, 1.54) is 6.07 Å². The van der Waals surface area contributed by atoms with Crippen molar-refractivity contribution in [2.24, 2.45) is 0 Å². The third-order valence-electron chi connectivity index (χ3n) is 3.36. The fraction of sp³-hybridized carbons (Fsp3) is 0.385. The van der Waals surface area contributed by atoms with Crippen molar-refractivity contribution in [1.29, 1.82) is 0 Å². The number of nitrogens with one attached hydrogen (secondary N) is 1. The lowest BCUT2D eigenvalue weighted by Gasteiger charge is -2.09. The van der Waals surface area contributed by atoms with E-state index in [0.29, 0.717) is 5.89 Å². The molecule has 1 aliphatic heterocycles. The summed E-state index contributed by atoms with van der Waals surface area (Å²) in [6, 6.07) is 3.06. The first kappa shape index (κ1) is 13.9. The Labute approximate surface area is 117 Å². The molecule has 2 aromatic rings. The number of hydrogen-bond donors (Lipinski definition) is 2. The molecule has 1 aliphatic rings. The molecule has 3 rings (SSSR count). The standard InChI is InChI=1S/C13H12F3N3O2/c14-13(15,16)8-6-7(3-4-10(8)20)11-18-12(21-19-11)9-2-1-5-17-9/h3-4,6,9,17,20H,1-2,5H2/t9-/m1/s1. The maximum Gasteiger partial charge on any atom is 0.419 e. The van der Waals surface area contributed by atoms with Crippen LogP contribution in [0, 0.1) is 0 Å². The quantitative estimate of drug-likeness (QED) is 0.892. The Morgan fingerprint density at radius 3 is 2.81 bits per heavy atom. The van der Waals surface area contributed by atoms with Gasteiger partial charge in [0, 0.05) is 5.56 Å². The van der Waals surface area contributed by atoms with Gasteiger partial charge in [-0.3, -0.25) is 0 Å². The summed E-state index contributed by atoms with van der Waals surface area (Å²) in [6.45, 7) is 0.847. The number of phenols is 1. The van der Waals surface area contributed by atoms with Gasteiger partial charge in [0.1, 0.15) is 5.75 Å². The van der Waals surface area contributed by atoms with Crippen LogP contribution in [-0.2, 0) is 6.18 Å². The molecule has 8 heteroatoms. The van der Waals surface area contributed by atoms with Crippen molar-refractivity contribution in [3.05, 3.63) is 29.7 Å². The molecular formula is C13H12F3N3O2. The van der Waals surface area contributed by atoms with Gasteiger partial charge in [-0.2, -0.15) is 18.2 Å². The van der Waals surface area contributed by atoms with Crippen molar-refractivity contribution in [1.82, 2.24) is 15.5 Å². The van der Waals surface area contributed by atoms with Gasteiger partial charge in [-0.1, -0.05) is 5.16 Å². The first-order valence-electron chi connectivity index (χ1n) is 6.43. The topological polar surface area (TPSA) is 71.2 Å². The van der Waals surface area contributed by atoms with E-state index >= 15 is 0 Å². The first-order chi connectivity index (χ1) is 9.95. The van der Waals surface area contributed by atoms with Gasteiger partial charge in [0.25, 0.3) is 0 Å². The van der Waals surface area contributed by atoms with Gasteiger partial charge in [-0.15, -0.1) is 0 Å². The summed E-state index contributed by atoms with van der Waals surface area (Å²) in [4.78, 5) is 4.13. The number of rotatable bonds is 2. The van der Waals surface area contributed by atoms with Crippen LogP contribution in [0.1, 0.15) is 30.3 Å². The maximum absolute atomic E-state index is 12.8. The number of aromatic nitrogens is 2. The Bertz CT molecular complexity index is 648. The summed E-state index contributed by atoms with van der Waals surface area (Å²) in [6.07, 6.45) is -2.80. The van der Waals surface area contributed by atoms with Crippen LogP contribution >= 0.6 is 0 Å². The van der Waals surface area contributed by atoms with E-state index in [4.69, 9.17) is 4.52 Å². The van der Waals surface area contributed by atoms with Crippen molar-refractivity contribution >= 4 is 0 Å². The highest BCUT2D eigenvalue weighted by Gasteiger charge is 2.34. The molecule has 2 N–H and O–H groups in total. The van der Waals surface area contributed by atoms with Gasteiger partial charge in [-0.25, -0.2) is 0 Å². The van der Waals surface area contributed by atoms with E-state index in [0.717, 1.165) is 31.5 Å². The summed E-state index contributed by atoms with van der Waals surface area (Å²) < 4.78 is 43.4. The summed E-state index contributed by atoms with van der Waals surface area (Å²) in [7, 11) is 0. The zero-order valence-electron chi connectivity index (χ0n) is 10.8. The number of alkyl halides is 3. The largest absolute Gasteiger partial charge is 0.507 e. The molecule has 5 nitrogen and oxygen atoms in total. The van der Waals surface area contributed by atoms with E-state index in [2.05, 4.69) is 15.5 Å². The number of hydrogen-bond acceptors (Lipinski definition) is 5. The third-order valence-corrected chi connectivity index (χ3v) is 3.36. The Kier molecular flexibility index (Phi) is 3.32. The maximum atomic E-state index is 12.8. The summed E-state index contributed by atoms with van der Waals surface area (Å²) in [5, 5.41) is 16.2. The Hall–Kier alpha value is -2.09. The minimum Gasteiger partial charge on any atom is -0.507 e. The average Bonchev–Trinajstić information content (AvgIpc) is 3.09. The lowest BCUT2D eigenvalue weighted by atomic mass is 10.1. The number of phenolic OH excluding ortho intramolecular Hbond substituents is 1. The molecular weight excluding hydrogens is 287 g/mol. The molecule has 0 amide bonds. The van der Waals surface area contributed by atoms with E-state index in [1.54, 1.807) is 0 Å². The molecule has 1 fully saturated rings. The van der Waals surface area contributed by atoms with Gasteiger partial charge < -0.3 is 14.9 Å². The predicted octanol–water partition coefficient (Wildman–Crippen LogP) is 2.89. The first-order valence-corrected chi connectivity index (χ1v) is 6.43. The minimum atomic E-state index is -4.64. The van der Waals surface area contributed by atoms with Gasteiger partial charge in [0.15, 0.2) is 0 Å². The van der Waals surface area contributed by atoms with Crippen molar-refractivity contribution in [2.75, 3.05) is 6.54 Å². The number of nitrogens with zero attached hydrogens (tertiary/aromatic N) is 2. The molecule has 0 aliphatic carbocycles. The molecule has 0 unspecified atom stereocenters. The van der Waals surface area contributed by atoms with Crippen LogP contribution < -0.4 is 5.32 Å². The number of halogens is 3. The van der Waals surface area contributed by atoms with Gasteiger partial charge in [-0.05, 0) is 37.6 Å². The molecule has 0 saturated carbocycles. The number of aromatic hydroxyl groups is 1. The molecule has 1 atom stereocenters. The molecule has 1 saturated heterocycles.